The number of hydrogen-bond donors (Lipinski definition) is 4. The van der Waals surface area contributed by atoms with Crippen LogP contribution in [0.3, 0.4) is 0 Å². The van der Waals surface area contributed by atoms with E-state index in [0.717, 1.165) is 18.4 Å². The van der Waals surface area contributed by atoms with Gasteiger partial charge >= 0.3 is 0 Å². The van der Waals surface area contributed by atoms with Crippen molar-refractivity contribution in [3.05, 3.63) is 65.9 Å². The summed E-state index contributed by atoms with van der Waals surface area (Å²) in [6, 6.07) is 13.0. The van der Waals surface area contributed by atoms with Gasteiger partial charge in [0, 0.05) is 6.04 Å². The zero-order chi connectivity index (χ0) is 30.0. The van der Waals surface area contributed by atoms with E-state index < -0.39 is 22.0 Å². The van der Waals surface area contributed by atoms with E-state index >= 15 is 0 Å². The van der Waals surface area contributed by atoms with Crippen LogP contribution in [0.2, 0.25) is 0 Å². The number of ether oxygens (including phenoxy) is 1. The summed E-state index contributed by atoms with van der Waals surface area (Å²) < 4.78 is 31.4. The Labute approximate surface area is 256 Å². The molecule has 3 saturated carbocycles. The topological polar surface area (TPSA) is 138 Å². The molecule has 11 heteroatoms. The fourth-order valence-electron chi connectivity index (χ4n) is 6.61. The minimum absolute atomic E-state index is 0.200. The molecule has 3 atom stereocenters. The number of nitrogens with one attached hydrogen (secondary N) is 2. The Morgan fingerprint density at radius 3 is 2.37 bits per heavy atom. The lowest BCUT2D eigenvalue weighted by molar-refractivity contribution is -0.118. The van der Waals surface area contributed by atoms with Crippen LogP contribution in [0, 0.1) is 5.41 Å². The van der Waals surface area contributed by atoms with E-state index in [1.54, 1.807) is 54.7 Å². The quantitative estimate of drug-likeness (QED) is 0.214. The Morgan fingerprint density at radius 2 is 1.70 bits per heavy atom. The molecule has 1 spiro atoms. The van der Waals surface area contributed by atoms with Gasteiger partial charge < -0.3 is 20.3 Å². The lowest BCUT2D eigenvalue weighted by Gasteiger charge is -2.34. The minimum atomic E-state index is -3.32. The second kappa shape index (κ2) is 12.6. The van der Waals surface area contributed by atoms with Gasteiger partial charge in [0.25, 0.3) is 0 Å². The highest BCUT2D eigenvalue weighted by Crippen LogP contribution is 2.49. The van der Waals surface area contributed by atoms with Gasteiger partial charge in [0.05, 0.1) is 22.9 Å². The molecular formula is C32H39N3O6S2. The second-order valence-electron chi connectivity index (χ2n) is 12.3. The molecule has 2 aromatic carbocycles. The predicted octanol–water partition coefficient (Wildman–Crippen LogP) is 5.67. The molecule has 1 aromatic heterocycles. The van der Waals surface area contributed by atoms with Crippen molar-refractivity contribution in [2.24, 2.45) is 5.41 Å². The van der Waals surface area contributed by atoms with Crippen LogP contribution in [-0.4, -0.2) is 47.4 Å². The maximum Gasteiger partial charge on any atom is 0.247 e. The molecule has 1 amide bonds. The van der Waals surface area contributed by atoms with Crippen molar-refractivity contribution >= 4 is 32.2 Å². The molecule has 230 valence electrons. The number of carbonyl (C=O) groups excluding carboxylic acids is 1. The maximum atomic E-state index is 13.8. The number of amides is 1. The highest BCUT2D eigenvalue weighted by atomic mass is 32.2. The normalized spacial score (nSPS) is 21.4. The van der Waals surface area contributed by atoms with E-state index in [9.17, 15) is 18.3 Å². The number of carbonyl (C=O) groups is 1. The summed E-state index contributed by atoms with van der Waals surface area (Å²) in [5.74, 6) is 0.278. The summed E-state index contributed by atoms with van der Waals surface area (Å²) >= 11 is 1.20. The lowest BCUT2D eigenvalue weighted by Crippen LogP contribution is -2.39. The summed E-state index contributed by atoms with van der Waals surface area (Å²) in [4.78, 5) is 18.4. The molecule has 3 unspecified atom stereocenters. The molecule has 0 bridgehead atoms. The van der Waals surface area contributed by atoms with Crippen LogP contribution >= 0.6 is 11.3 Å². The fourth-order valence-corrected chi connectivity index (χ4v) is 8.95. The van der Waals surface area contributed by atoms with E-state index in [0.29, 0.717) is 44.7 Å². The number of rotatable bonds is 11. The standard InChI is InChI=1S/C32H39N3O6S2/c36-20-27(37)21-4-8-24(9-5-21)41-28-19-33-31(42-28)35-30(38)29(34-23-14-17-32(18-23)15-2-1-3-16-32)22-6-10-25(11-7-22)43(39,40)26-12-13-26/h4-11,19,23,26-27,29,34,36-37H,1-3,12-18,20H2,(H,33,35,38). The van der Waals surface area contributed by atoms with Gasteiger partial charge in [0.1, 0.15) is 17.9 Å². The molecule has 9 nitrogen and oxygen atoms in total. The number of aliphatic hydroxyl groups is 2. The summed E-state index contributed by atoms with van der Waals surface area (Å²) in [7, 11) is -3.32. The molecule has 43 heavy (non-hydrogen) atoms. The molecule has 4 N–H and O–H groups in total. The van der Waals surface area contributed by atoms with Crippen LogP contribution in [0.25, 0.3) is 0 Å². The van der Waals surface area contributed by atoms with Crippen LogP contribution in [0.1, 0.15) is 87.5 Å². The number of thiazole rings is 1. The predicted molar refractivity (Wildman–Crippen MR) is 165 cm³/mol. The molecule has 3 aliphatic rings. The number of hydrogen-bond acceptors (Lipinski definition) is 9. The van der Waals surface area contributed by atoms with Crippen LogP contribution in [0.4, 0.5) is 5.13 Å². The van der Waals surface area contributed by atoms with Crippen molar-refractivity contribution in [1.29, 1.82) is 0 Å². The summed E-state index contributed by atoms with van der Waals surface area (Å²) in [5.41, 5.74) is 1.67. The molecule has 0 radical (unpaired) electrons. The molecule has 0 aliphatic heterocycles. The summed E-state index contributed by atoms with van der Waals surface area (Å²) in [6.07, 6.45) is 11.6. The molecule has 0 saturated heterocycles. The number of aliphatic hydroxyl groups excluding tert-OH is 2. The SMILES string of the molecule is O=C(Nc1ncc(Oc2ccc(C(O)CO)cc2)s1)C(NC1CCC2(CCCCC2)C1)c1ccc(S(=O)(=O)C2CC2)cc1. The van der Waals surface area contributed by atoms with Gasteiger partial charge in [-0.1, -0.05) is 54.9 Å². The van der Waals surface area contributed by atoms with E-state index in [-0.39, 0.29) is 23.8 Å². The lowest BCUT2D eigenvalue weighted by atomic mass is 9.73. The molecule has 3 fully saturated rings. The van der Waals surface area contributed by atoms with Gasteiger partial charge in [-0.2, -0.15) is 0 Å². The second-order valence-corrected chi connectivity index (χ2v) is 15.5. The van der Waals surface area contributed by atoms with Gasteiger partial charge in [0.15, 0.2) is 15.0 Å². The number of benzene rings is 2. The number of aromatic nitrogens is 1. The van der Waals surface area contributed by atoms with E-state index in [1.165, 1.54) is 49.9 Å². The van der Waals surface area contributed by atoms with Crippen LogP contribution in [-0.2, 0) is 14.6 Å². The fraction of sp³-hybridized carbons (Fsp3) is 0.500. The average Bonchev–Trinajstić information content (AvgIpc) is 3.70. The van der Waals surface area contributed by atoms with Crippen LogP contribution in [0.5, 0.6) is 10.8 Å². The smallest absolute Gasteiger partial charge is 0.247 e. The molecule has 3 aromatic rings. The third-order valence-electron chi connectivity index (χ3n) is 9.16. The first-order valence-electron chi connectivity index (χ1n) is 15.2. The van der Waals surface area contributed by atoms with E-state index in [1.807, 2.05) is 0 Å². The van der Waals surface area contributed by atoms with Gasteiger partial charge in [-0.15, -0.1) is 0 Å². The Morgan fingerprint density at radius 1 is 1.00 bits per heavy atom. The number of anilines is 1. The third kappa shape index (κ3) is 6.96. The summed E-state index contributed by atoms with van der Waals surface area (Å²) in [6.45, 7) is -0.362. The third-order valence-corrected chi connectivity index (χ3v) is 12.2. The first-order chi connectivity index (χ1) is 20.7. The van der Waals surface area contributed by atoms with Crippen molar-refractivity contribution in [2.45, 2.75) is 92.5 Å². The van der Waals surface area contributed by atoms with Crippen molar-refractivity contribution < 1.29 is 28.2 Å². The Hall–Kier alpha value is -2.83. The van der Waals surface area contributed by atoms with E-state index in [2.05, 4.69) is 15.6 Å². The Bertz CT molecular complexity index is 1510. The van der Waals surface area contributed by atoms with Gasteiger partial charge in [-0.25, -0.2) is 13.4 Å². The van der Waals surface area contributed by atoms with Crippen molar-refractivity contribution in [3.63, 3.8) is 0 Å². The van der Waals surface area contributed by atoms with Gasteiger partial charge in [-0.05, 0) is 85.8 Å². The van der Waals surface area contributed by atoms with Gasteiger partial charge in [0.2, 0.25) is 11.0 Å². The summed E-state index contributed by atoms with van der Waals surface area (Å²) in [5, 5.41) is 26.1. The van der Waals surface area contributed by atoms with Gasteiger partial charge in [-0.3, -0.25) is 10.1 Å². The van der Waals surface area contributed by atoms with Crippen LogP contribution < -0.4 is 15.4 Å². The van der Waals surface area contributed by atoms with Crippen molar-refractivity contribution in [3.8, 4) is 10.8 Å². The average molecular weight is 626 g/mol. The first-order valence-corrected chi connectivity index (χ1v) is 17.5. The molecule has 1 heterocycles. The minimum Gasteiger partial charge on any atom is -0.445 e. The monoisotopic (exact) mass is 625 g/mol. The zero-order valence-electron chi connectivity index (χ0n) is 24.1. The highest BCUT2D eigenvalue weighted by Gasteiger charge is 2.41. The Kier molecular flexibility index (Phi) is 8.89. The maximum absolute atomic E-state index is 13.8. The molecular weight excluding hydrogens is 587 g/mol. The number of sulfone groups is 1. The van der Waals surface area contributed by atoms with Crippen molar-refractivity contribution in [2.75, 3.05) is 11.9 Å². The number of nitrogens with zero attached hydrogens (tertiary/aromatic N) is 1. The largest absolute Gasteiger partial charge is 0.445 e. The Balaban J connectivity index is 1.16. The van der Waals surface area contributed by atoms with Crippen LogP contribution in [0.15, 0.2) is 59.6 Å². The zero-order valence-corrected chi connectivity index (χ0v) is 25.7. The van der Waals surface area contributed by atoms with Crippen molar-refractivity contribution in [1.82, 2.24) is 10.3 Å². The molecule has 3 aliphatic carbocycles. The van der Waals surface area contributed by atoms with E-state index in [4.69, 9.17) is 9.84 Å². The molecule has 6 rings (SSSR count). The highest BCUT2D eigenvalue weighted by molar-refractivity contribution is 7.92. The first kappa shape index (κ1) is 30.2.